The van der Waals surface area contributed by atoms with Crippen molar-refractivity contribution in [1.82, 2.24) is 0 Å². The third-order valence-corrected chi connectivity index (χ3v) is 4.39. The third kappa shape index (κ3) is 2.14. The predicted octanol–water partition coefficient (Wildman–Crippen LogP) is 2.83. The molecular weight excluding hydrogens is 218 g/mol. The summed E-state index contributed by atoms with van der Waals surface area (Å²) in [7, 11) is 0. The number of piperidine rings is 1. The molecule has 2 heterocycles. The first-order chi connectivity index (χ1) is 7.52. The zero-order valence-corrected chi connectivity index (χ0v) is 10.6. The van der Waals surface area contributed by atoms with Gasteiger partial charge in [0.15, 0.2) is 0 Å². The average Bonchev–Trinajstić information content (AvgIpc) is 2.59. The highest BCUT2D eigenvalue weighted by Gasteiger charge is 2.26. The van der Waals surface area contributed by atoms with Crippen molar-refractivity contribution in [3.05, 3.63) is 10.9 Å². The molecule has 0 spiro atoms. The highest BCUT2D eigenvalue weighted by atomic mass is 32.1. The van der Waals surface area contributed by atoms with Crippen molar-refractivity contribution in [3.8, 4) is 6.07 Å². The van der Waals surface area contributed by atoms with Gasteiger partial charge in [-0.15, -0.1) is 11.3 Å². The summed E-state index contributed by atoms with van der Waals surface area (Å²) in [5.74, 6) is 0. The topological polar surface area (TPSA) is 53.0 Å². The molecular formula is C12H17N3S. The predicted molar refractivity (Wildman–Crippen MR) is 68.7 cm³/mol. The van der Waals surface area contributed by atoms with E-state index in [0.717, 1.165) is 18.1 Å². The van der Waals surface area contributed by atoms with Crippen LogP contribution < -0.4 is 10.6 Å². The summed E-state index contributed by atoms with van der Waals surface area (Å²) in [4.78, 5) is 2.98. The lowest BCUT2D eigenvalue weighted by Gasteiger charge is -2.37. The lowest BCUT2D eigenvalue weighted by Crippen LogP contribution is -2.36. The number of nitrogens with zero attached hydrogens (tertiary/aromatic N) is 2. The Balaban J connectivity index is 2.12. The SMILES string of the molecule is CC1(C)CCN(c2cc(N)c(C#N)s2)CC1. The normalized spacial score (nSPS) is 19.4. The molecule has 0 aliphatic carbocycles. The van der Waals surface area contributed by atoms with Gasteiger partial charge in [-0.3, -0.25) is 0 Å². The molecule has 0 radical (unpaired) electrons. The van der Waals surface area contributed by atoms with Crippen LogP contribution in [0.15, 0.2) is 6.07 Å². The Morgan fingerprint density at radius 2 is 2.06 bits per heavy atom. The number of nitrogens with two attached hydrogens (primary N) is 1. The summed E-state index contributed by atoms with van der Waals surface area (Å²) in [6.45, 7) is 6.76. The minimum Gasteiger partial charge on any atom is -0.397 e. The fraction of sp³-hybridized carbons (Fsp3) is 0.583. The molecule has 1 saturated heterocycles. The molecule has 0 atom stereocenters. The zero-order chi connectivity index (χ0) is 11.8. The number of hydrogen-bond donors (Lipinski definition) is 1. The number of nitriles is 1. The number of thiophene rings is 1. The van der Waals surface area contributed by atoms with E-state index in [0.29, 0.717) is 16.0 Å². The van der Waals surface area contributed by atoms with Crippen LogP contribution in [0.2, 0.25) is 0 Å². The van der Waals surface area contributed by atoms with Crippen molar-refractivity contribution in [2.24, 2.45) is 5.41 Å². The van der Waals surface area contributed by atoms with E-state index in [2.05, 4.69) is 24.8 Å². The summed E-state index contributed by atoms with van der Waals surface area (Å²) in [6.07, 6.45) is 2.40. The van der Waals surface area contributed by atoms with Crippen LogP contribution >= 0.6 is 11.3 Å². The first kappa shape index (κ1) is 11.3. The van der Waals surface area contributed by atoms with Crippen molar-refractivity contribution in [2.75, 3.05) is 23.7 Å². The molecule has 0 saturated carbocycles. The molecule has 3 nitrogen and oxygen atoms in total. The van der Waals surface area contributed by atoms with Crippen LogP contribution in [-0.4, -0.2) is 13.1 Å². The van der Waals surface area contributed by atoms with Crippen LogP contribution in [0.5, 0.6) is 0 Å². The molecule has 86 valence electrons. The Bertz CT molecular complexity index is 418. The van der Waals surface area contributed by atoms with Gasteiger partial charge >= 0.3 is 0 Å². The average molecular weight is 235 g/mol. The van der Waals surface area contributed by atoms with Crippen molar-refractivity contribution in [1.29, 1.82) is 5.26 Å². The van der Waals surface area contributed by atoms with Crippen LogP contribution in [0.25, 0.3) is 0 Å². The second kappa shape index (κ2) is 3.99. The molecule has 2 N–H and O–H groups in total. The Morgan fingerprint density at radius 3 is 2.56 bits per heavy atom. The van der Waals surface area contributed by atoms with Gasteiger partial charge in [0, 0.05) is 13.1 Å². The molecule has 4 heteroatoms. The second-order valence-corrected chi connectivity index (χ2v) is 6.16. The molecule has 16 heavy (non-hydrogen) atoms. The summed E-state index contributed by atoms with van der Waals surface area (Å²) >= 11 is 1.51. The first-order valence-electron chi connectivity index (χ1n) is 5.56. The number of anilines is 2. The van der Waals surface area contributed by atoms with Gasteiger partial charge in [0.2, 0.25) is 0 Å². The molecule has 0 aromatic carbocycles. The number of rotatable bonds is 1. The van der Waals surface area contributed by atoms with E-state index >= 15 is 0 Å². The molecule has 1 aromatic heterocycles. The molecule has 0 amide bonds. The van der Waals surface area contributed by atoms with Gasteiger partial charge in [-0.25, -0.2) is 0 Å². The van der Waals surface area contributed by atoms with E-state index in [1.54, 1.807) is 0 Å². The van der Waals surface area contributed by atoms with Crippen molar-refractivity contribution < 1.29 is 0 Å². The van der Waals surface area contributed by atoms with Gasteiger partial charge in [0.1, 0.15) is 10.9 Å². The van der Waals surface area contributed by atoms with Gasteiger partial charge in [0.05, 0.1) is 10.7 Å². The van der Waals surface area contributed by atoms with Crippen LogP contribution in [-0.2, 0) is 0 Å². The summed E-state index contributed by atoms with van der Waals surface area (Å²) in [5.41, 5.74) is 6.85. The van der Waals surface area contributed by atoms with Crippen LogP contribution in [0.1, 0.15) is 31.6 Å². The largest absolute Gasteiger partial charge is 0.397 e. The monoisotopic (exact) mass is 235 g/mol. The highest BCUT2D eigenvalue weighted by molar-refractivity contribution is 7.17. The van der Waals surface area contributed by atoms with Crippen molar-refractivity contribution in [2.45, 2.75) is 26.7 Å². The minimum absolute atomic E-state index is 0.456. The van der Waals surface area contributed by atoms with Gasteiger partial charge in [-0.2, -0.15) is 5.26 Å². The molecule has 1 fully saturated rings. The third-order valence-electron chi connectivity index (χ3n) is 3.28. The fourth-order valence-corrected chi connectivity index (χ4v) is 2.90. The first-order valence-corrected chi connectivity index (χ1v) is 6.38. The van der Waals surface area contributed by atoms with Crippen molar-refractivity contribution >= 4 is 22.0 Å². The standard InChI is InChI=1S/C12H17N3S/c1-12(2)3-5-15(6-4-12)11-7-9(14)10(8-13)16-11/h7H,3-6,14H2,1-2H3. The maximum absolute atomic E-state index is 8.88. The number of nitrogen functional groups attached to an aromatic ring is 1. The van der Waals surface area contributed by atoms with E-state index in [1.807, 2.05) is 6.07 Å². The van der Waals surface area contributed by atoms with Gasteiger partial charge in [0.25, 0.3) is 0 Å². The maximum Gasteiger partial charge on any atom is 0.129 e. The van der Waals surface area contributed by atoms with Gasteiger partial charge in [-0.1, -0.05) is 13.8 Å². The summed E-state index contributed by atoms with van der Waals surface area (Å²) < 4.78 is 0. The number of hydrogen-bond acceptors (Lipinski definition) is 4. The Labute approximate surface area is 100 Å². The van der Waals surface area contributed by atoms with E-state index in [-0.39, 0.29) is 0 Å². The van der Waals surface area contributed by atoms with E-state index in [9.17, 15) is 0 Å². The zero-order valence-electron chi connectivity index (χ0n) is 9.79. The van der Waals surface area contributed by atoms with Gasteiger partial charge < -0.3 is 10.6 Å². The highest BCUT2D eigenvalue weighted by Crippen LogP contribution is 2.37. The molecule has 0 unspecified atom stereocenters. The molecule has 2 rings (SSSR count). The molecule has 1 aliphatic rings. The van der Waals surface area contributed by atoms with Gasteiger partial charge in [-0.05, 0) is 24.3 Å². The fourth-order valence-electron chi connectivity index (χ4n) is 1.97. The summed E-state index contributed by atoms with van der Waals surface area (Å²) in [5, 5.41) is 10.0. The Hall–Kier alpha value is -1.21. The maximum atomic E-state index is 8.88. The van der Waals surface area contributed by atoms with E-state index in [4.69, 9.17) is 11.0 Å². The Kier molecular flexibility index (Phi) is 2.81. The Morgan fingerprint density at radius 1 is 1.44 bits per heavy atom. The summed E-state index contributed by atoms with van der Waals surface area (Å²) in [6, 6.07) is 4.07. The minimum atomic E-state index is 0.456. The lowest BCUT2D eigenvalue weighted by molar-refractivity contribution is 0.280. The lowest BCUT2D eigenvalue weighted by atomic mass is 9.83. The van der Waals surface area contributed by atoms with E-state index < -0.39 is 0 Å². The molecule has 1 aliphatic heterocycles. The van der Waals surface area contributed by atoms with Crippen LogP contribution in [0, 0.1) is 16.7 Å². The quantitative estimate of drug-likeness (QED) is 0.814. The second-order valence-electron chi connectivity index (χ2n) is 5.13. The smallest absolute Gasteiger partial charge is 0.129 e. The van der Waals surface area contributed by atoms with Crippen LogP contribution in [0.3, 0.4) is 0 Å². The molecule has 0 bridgehead atoms. The molecule has 1 aromatic rings. The van der Waals surface area contributed by atoms with Crippen molar-refractivity contribution in [3.63, 3.8) is 0 Å². The van der Waals surface area contributed by atoms with Crippen LogP contribution in [0.4, 0.5) is 10.7 Å². The van der Waals surface area contributed by atoms with E-state index in [1.165, 1.54) is 24.2 Å².